The second-order valence-electron chi connectivity index (χ2n) is 8.96. The highest BCUT2D eigenvalue weighted by atomic mass is 35.5. The first-order valence-corrected chi connectivity index (χ1v) is 13.6. The molecule has 0 radical (unpaired) electrons. The minimum absolute atomic E-state index is 0.101. The third-order valence-corrected chi connectivity index (χ3v) is 7.81. The minimum Gasteiger partial charge on any atom is -0.489 e. The van der Waals surface area contributed by atoms with Crippen LogP contribution in [0, 0.1) is 6.92 Å². The number of nitrogens with zero attached hydrogens (tertiary/aromatic N) is 1. The molecule has 8 nitrogen and oxygen atoms in total. The number of aliphatic carboxylic acids is 1. The van der Waals surface area contributed by atoms with Crippen molar-refractivity contribution in [1.82, 2.24) is 9.62 Å². The molecule has 1 aliphatic rings. The van der Waals surface area contributed by atoms with Gasteiger partial charge >= 0.3 is 5.97 Å². The van der Waals surface area contributed by atoms with Gasteiger partial charge in [-0.25, -0.2) is 8.42 Å². The molecule has 1 atom stereocenters. The maximum absolute atomic E-state index is 13.1. The summed E-state index contributed by atoms with van der Waals surface area (Å²) in [5.74, 6) is -0.799. The molecule has 0 aliphatic carbocycles. The smallest absolute Gasteiger partial charge is 0.307 e. The summed E-state index contributed by atoms with van der Waals surface area (Å²) in [5, 5.41) is 9.82. The van der Waals surface area contributed by atoms with E-state index in [9.17, 15) is 23.1 Å². The number of sulfonamides is 1. The van der Waals surface area contributed by atoms with Gasteiger partial charge in [-0.15, -0.1) is 0 Å². The Morgan fingerprint density at radius 1 is 1.08 bits per heavy atom. The SMILES string of the molecule is Cc1ccc(S(=O)(=O)NC2CCN(Cc3cc(CC(=O)O)ccc3OCc3ccc(Cl)cc3)C2=O)cc1. The van der Waals surface area contributed by atoms with Gasteiger partial charge < -0.3 is 14.7 Å². The monoisotopic (exact) mass is 542 g/mol. The normalized spacial score (nSPS) is 15.7. The number of ether oxygens (including phenoxy) is 1. The molecule has 3 aromatic rings. The van der Waals surface area contributed by atoms with Crippen molar-refractivity contribution in [3.63, 3.8) is 0 Å². The van der Waals surface area contributed by atoms with Crippen LogP contribution in [0.1, 0.15) is 28.7 Å². The van der Waals surface area contributed by atoms with Gasteiger partial charge in [0.05, 0.1) is 11.3 Å². The van der Waals surface area contributed by atoms with E-state index in [4.69, 9.17) is 16.3 Å². The van der Waals surface area contributed by atoms with Crippen molar-refractivity contribution in [1.29, 1.82) is 0 Å². The van der Waals surface area contributed by atoms with Gasteiger partial charge in [0.2, 0.25) is 15.9 Å². The zero-order valence-electron chi connectivity index (χ0n) is 20.2. The third-order valence-electron chi connectivity index (χ3n) is 6.08. The molecule has 1 fully saturated rings. The van der Waals surface area contributed by atoms with E-state index in [0.29, 0.717) is 34.9 Å². The number of carbonyl (C=O) groups is 2. The van der Waals surface area contributed by atoms with Gasteiger partial charge in [-0.05, 0) is 60.9 Å². The van der Waals surface area contributed by atoms with Crippen LogP contribution in [0.3, 0.4) is 0 Å². The molecule has 0 aromatic heterocycles. The molecular weight excluding hydrogens is 516 g/mol. The fourth-order valence-electron chi connectivity index (χ4n) is 4.11. The highest BCUT2D eigenvalue weighted by Crippen LogP contribution is 2.26. The lowest BCUT2D eigenvalue weighted by atomic mass is 10.1. The van der Waals surface area contributed by atoms with Gasteiger partial charge in [-0.3, -0.25) is 9.59 Å². The van der Waals surface area contributed by atoms with Crippen LogP contribution >= 0.6 is 11.6 Å². The summed E-state index contributed by atoms with van der Waals surface area (Å²) in [6.45, 7) is 2.63. The number of amides is 1. The number of benzene rings is 3. The van der Waals surface area contributed by atoms with Crippen LogP contribution < -0.4 is 9.46 Å². The molecule has 0 bridgehead atoms. The summed E-state index contributed by atoms with van der Waals surface area (Å²) in [7, 11) is -3.86. The van der Waals surface area contributed by atoms with E-state index in [1.165, 1.54) is 12.1 Å². The molecule has 1 saturated heterocycles. The van der Waals surface area contributed by atoms with Crippen LogP contribution in [0.5, 0.6) is 5.75 Å². The fraction of sp³-hybridized carbons (Fsp3) is 0.259. The number of carbonyl (C=O) groups excluding carboxylic acids is 1. The number of hydrogen-bond acceptors (Lipinski definition) is 5. The molecule has 1 amide bonds. The van der Waals surface area contributed by atoms with Crippen molar-refractivity contribution in [2.24, 2.45) is 0 Å². The highest BCUT2D eigenvalue weighted by Gasteiger charge is 2.35. The molecule has 10 heteroatoms. The second kappa shape index (κ2) is 11.3. The van der Waals surface area contributed by atoms with E-state index in [1.54, 1.807) is 47.4 Å². The first-order chi connectivity index (χ1) is 17.6. The van der Waals surface area contributed by atoms with E-state index in [2.05, 4.69) is 4.72 Å². The zero-order chi connectivity index (χ0) is 26.6. The van der Waals surface area contributed by atoms with Crippen molar-refractivity contribution in [2.45, 2.75) is 43.9 Å². The molecule has 0 saturated carbocycles. The van der Waals surface area contributed by atoms with Crippen LogP contribution in [0.25, 0.3) is 0 Å². The van der Waals surface area contributed by atoms with Crippen LogP contribution in [0.15, 0.2) is 71.6 Å². The summed E-state index contributed by atoms with van der Waals surface area (Å²) in [6, 6.07) is 17.8. The Hall–Kier alpha value is -3.40. The molecular formula is C27H27ClN2O6S. The van der Waals surface area contributed by atoms with Crippen molar-refractivity contribution in [2.75, 3.05) is 6.54 Å². The quantitative estimate of drug-likeness (QED) is 0.401. The van der Waals surface area contributed by atoms with Crippen molar-refractivity contribution in [3.8, 4) is 5.75 Å². The van der Waals surface area contributed by atoms with Gasteiger partial charge in [0.25, 0.3) is 0 Å². The maximum Gasteiger partial charge on any atom is 0.307 e. The van der Waals surface area contributed by atoms with Crippen molar-refractivity contribution < 1.29 is 27.9 Å². The van der Waals surface area contributed by atoms with Gasteiger partial charge in [-0.2, -0.15) is 4.72 Å². The Balaban J connectivity index is 1.49. The Morgan fingerprint density at radius 3 is 2.43 bits per heavy atom. The molecule has 3 aromatic carbocycles. The number of carboxylic acids is 1. The Morgan fingerprint density at radius 2 is 1.76 bits per heavy atom. The molecule has 1 aliphatic heterocycles. The number of nitrogens with one attached hydrogen (secondary N) is 1. The predicted octanol–water partition coefficient (Wildman–Crippen LogP) is 3.93. The van der Waals surface area contributed by atoms with E-state index >= 15 is 0 Å². The third kappa shape index (κ3) is 6.88. The largest absolute Gasteiger partial charge is 0.489 e. The summed E-state index contributed by atoms with van der Waals surface area (Å²) >= 11 is 5.95. The van der Waals surface area contributed by atoms with E-state index in [1.807, 2.05) is 19.1 Å². The van der Waals surface area contributed by atoms with E-state index in [-0.39, 0.29) is 30.4 Å². The number of hydrogen-bond donors (Lipinski definition) is 2. The van der Waals surface area contributed by atoms with Crippen molar-refractivity contribution in [3.05, 3.63) is 94.0 Å². The van der Waals surface area contributed by atoms with Gasteiger partial charge in [-0.1, -0.05) is 47.5 Å². The minimum atomic E-state index is -3.86. The summed E-state index contributed by atoms with van der Waals surface area (Å²) in [5.41, 5.74) is 3.04. The summed E-state index contributed by atoms with van der Waals surface area (Å²) < 4.78 is 34.1. The van der Waals surface area contributed by atoms with Crippen LogP contribution in [0.2, 0.25) is 5.02 Å². The number of rotatable bonds is 10. The topological polar surface area (TPSA) is 113 Å². The average molecular weight is 543 g/mol. The molecule has 1 unspecified atom stereocenters. The standard InChI is InChI=1S/C27H27ClN2O6S/c1-18-2-9-23(10-3-18)37(34,35)29-24-12-13-30(27(24)33)16-21-14-20(15-26(31)32)6-11-25(21)36-17-19-4-7-22(28)8-5-19/h2-11,14,24,29H,12-13,15-17H2,1H3,(H,31,32). The first kappa shape index (κ1) is 26.7. The van der Waals surface area contributed by atoms with Gasteiger partial charge in [0, 0.05) is 23.7 Å². The Labute approximate surface area is 220 Å². The lowest BCUT2D eigenvalue weighted by molar-refractivity contribution is -0.136. The number of likely N-dealkylation sites (tertiary alicyclic amines) is 1. The Kier molecular flexibility index (Phi) is 8.16. The van der Waals surface area contributed by atoms with Crippen LogP contribution in [-0.2, 0) is 39.2 Å². The molecule has 194 valence electrons. The second-order valence-corrected chi connectivity index (χ2v) is 11.1. The highest BCUT2D eigenvalue weighted by molar-refractivity contribution is 7.89. The molecule has 37 heavy (non-hydrogen) atoms. The number of halogens is 1. The van der Waals surface area contributed by atoms with Gasteiger partial charge in [0.1, 0.15) is 18.4 Å². The lowest BCUT2D eigenvalue weighted by Gasteiger charge is -2.20. The van der Waals surface area contributed by atoms with Crippen LogP contribution in [0.4, 0.5) is 0 Å². The first-order valence-electron chi connectivity index (χ1n) is 11.7. The number of carboxylic acid groups (broad SMARTS) is 1. The summed E-state index contributed by atoms with van der Waals surface area (Å²) in [6.07, 6.45) is 0.150. The predicted molar refractivity (Wildman–Crippen MR) is 139 cm³/mol. The van der Waals surface area contributed by atoms with E-state index in [0.717, 1.165) is 11.1 Å². The van der Waals surface area contributed by atoms with Gasteiger partial charge in [0.15, 0.2) is 0 Å². The van der Waals surface area contributed by atoms with E-state index < -0.39 is 22.0 Å². The fourth-order valence-corrected chi connectivity index (χ4v) is 5.46. The molecule has 0 spiro atoms. The molecule has 4 rings (SSSR count). The molecule has 2 N–H and O–H groups in total. The average Bonchev–Trinajstić information content (AvgIpc) is 3.18. The number of aryl methyl sites for hydroxylation is 1. The zero-order valence-corrected chi connectivity index (χ0v) is 21.8. The summed E-state index contributed by atoms with van der Waals surface area (Å²) in [4.78, 5) is 26.0. The van der Waals surface area contributed by atoms with Crippen molar-refractivity contribution >= 4 is 33.5 Å². The lowest BCUT2D eigenvalue weighted by Crippen LogP contribution is -2.41. The Bertz CT molecular complexity index is 1390. The van der Waals surface area contributed by atoms with Crippen LogP contribution in [-0.4, -0.2) is 42.9 Å². The molecule has 1 heterocycles. The maximum atomic E-state index is 13.1.